The molecule has 1 heterocycles. The Kier molecular flexibility index (Phi) is 9.57. The van der Waals surface area contributed by atoms with E-state index in [0.29, 0.717) is 47.4 Å². The second-order valence-electron chi connectivity index (χ2n) is 10.9. The van der Waals surface area contributed by atoms with Gasteiger partial charge in [0.2, 0.25) is 0 Å². The lowest BCUT2D eigenvalue weighted by atomic mass is 10.1. The Balaban J connectivity index is 1.82. The van der Waals surface area contributed by atoms with Gasteiger partial charge in [0.25, 0.3) is 5.91 Å². The van der Waals surface area contributed by atoms with E-state index in [1.807, 2.05) is 6.92 Å². The largest absolute Gasteiger partial charge is 0.488 e. The van der Waals surface area contributed by atoms with Gasteiger partial charge >= 0.3 is 5.97 Å². The first-order chi connectivity index (χ1) is 18.3. The Bertz CT molecular complexity index is 1280. The lowest BCUT2D eigenvalue weighted by molar-refractivity contribution is 0.0526. The number of ether oxygens (including phenoxy) is 3. The van der Waals surface area contributed by atoms with E-state index >= 15 is 0 Å². The third-order valence-electron chi connectivity index (χ3n) is 6.52. The predicted octanol–water partition coefficient (Wildman–Crippen LogP) is 6.43. The van der Waals surface area contributed by atoms with Gasteiger partial charge in [-0.2, -0.15) is 5.10 Å². The van der Waals surface area contributed by atoms with Crippen molar-refractivity contribution < 1.29 is 28.2 Å². The molecule has 2 aromatic carbocycles. The zero-order valence-corrected chi connectivity index (χ0v) is 25.0. The minimum absolute atomic E-state index is 0.0834. The number of nitrogens with one attached hydrogen (secondary N) is 1. The number of benzene rings is 2. The predicted molar refractivity (Wildman–Crippen MR) is 153 cm³/mol. The van der Waals surface area contributed by atoms with E-state index < -0.39 is 14.3 Å². The number of carbonyl (C=O) groups is 2. The molecule has 3 aromatic rings. The molecule has 10 heteroatoms. The Labute approximate surface area is 231 Å². The molecular formula is C29H39N3O6Si. The molecule has 0 saturated carbocycles. The van der Waals surface area contributed by atoms with Crippen LogP contribution >= 0.6 is 0 Å². The van der Waals surface area contributed by atoms with Crippen LogP contribution in [0.3, 0.4) is 0 Å². The highest BCUT2D eigenvalue weighted by molar-refractivity contribution is 6.74. The number of hydrogen-bond acceptors (Lipinski definition) is 7. The van der Waals surface area contributed by atoms with Gasteiger partial charge in [0.05, 0.1) is 18.8 Å². The van der Waals surface area contributed by atoms with Crippen LogP contribution < -0.4 is 14.8 Å². The number of anilines is 1. The van der Waals surface area contributed by atoms with Gasteiger partial charge in [-0.1, -0.05) is 20.8 Å². The Morgan fingerprint density at radius 1 is 1.00 bits per heavy atom. The molecule has 1 N–H and O–H groups in total. The summed E-state index contributed by atoms with van der Waals surface area (Å²) in [5, 5.41) is 7.09. The van der Waals surface area contributed by atoms with Gasteiger partial charge in [-0.15, -0.1) is 0 Å². The van der Waals surface area contributed by atoms with Crippen molar-refractivity contribution in [1.29, 1.82) is 0 Å². The Hall–Kier alpha value is -3.63. The van der Waals surface area contributed by atoms with E-state index in [0.717, 1.165) is 0 Å². The number of esters is 1. The van der Waals surface area contributed by atoms with Crippen LogP contribution in [-0.4, -0.2) is 49.3 Å². The van der Waals surface area contributed by atoms with Gasteiger partial charge in [-0.05, 0) is 68.4 Å². The van der Waals surface area contributed by atoms with Crippen LogP contribution in [0.4, 0.5) is 5.82 Å². The SMILES string of the molecule is CCOC(=O)c1ccc(Oc2cc(O[C@@H](C)CO[Si](C)(C)C(C)(C)C)cc(C(=O)Nc3ccn(C)n3)c2)cc1. The van der Waals surface area contributed by atoms with Crippen molar-refractivity contribution in [3.63, 3.8) is 0 Å². The van der Waals surface area contributed by atoms with Gasteiger partial charge in [0, 0.05) is 30.9 Å². The fourth-order valence-corrected chi connectivity index (χ4v) is 4.40. The maximum absolute atomic E-state index is 13.1. The van der Waals surface area contributed by atoms with E-state index in [1.54, 1.807) is 73.4 Å². The van der Waals surface area contributed by atoms with Crippen molar-refractivity contribution in [3.05, 3.63) is 65.9 Å². The molecule has 0 bridgehead atoms. The summed E-state index contributed by atoms with van der Waals surface area (Å²) in [5.41, 5.74) is 0.765. The molecule has 1 amide bonds. The molecule has 0 spiro atoms. The number of aryl methyl sites for hydroxylation is 1. The highest BCUT2D eigenvalue weighted by atomic mass is 28.4. The van der Waals surface area contributed by atoms with Crippen molar-refractivity contribution in [1.82, 2.24) is 9.78 Å². The van der Waals surface area contributed by atoms with Crippen molar-refractivity contribution in [3.8, 4) is 17.2 Å². The number of carbonyl (C=O) groups excluding carboxylic acids is 2. The fraction of sp³-hybridized carbons (Fsp3) is 0.414. The quantitative estimate of drug-likeness (QED) is 0.216. The van der Waals surface area contributed by atoms with Gasteiger partial charge in [0.15, 0.2) is 14.1 Å². The zero-order valence-electron chi connectivity index (χ0n) is 24.0. The van der Waals surface area contributed by atoms with E-state index in [4.69, 9.17) is 18.6 Å². The summed E-state index contributed by atoms with van der Waals surface area (Å²) in [7, 11) is -0.171. The topological polar surface area (TPSA) is 101 Å². The van der Waals surface area contributed by atoms with Crippen LogP contribution in [0.15, 0.2) is 54.7 Å². The highest BCUT2D eigenvalue weighted by Crippen LogP contribution is 2.37. The molecule has 9 nitrogen and oxygen atoms in total. The lowest BCUT2D eigenvalue weighted by Crippen LogP contribution is -2.43. The number of rotatable bonds is 11. The first-order valence-electron chi connectivity index (χ1n) is 13.0. The summed E-state index contributed by atoms with van der Waals surface area (Å²) in [6.07, 6.45) is 1.48. The van der Waals surface area contributed by atoms with E-state index in [9.17, 15) is 9.59 Å². The minimum Gasteiger partial charge on any atom is -0.488 e. The van der Waals surface area contributed by atoms with Gasteiger partial charge < -0.3 is 24.0 Å². The van der Waals surface area contributed by atoms with Crippen LogP contribution in [-0.2, 0) is 16.2 Å². The molecule has 1 atom stereocenters. The first kappa shape index (κ1) is 29.9. The second kappa shape index (κ2) is 12.5. The van der Waals surface area contributed by atoms with E-state index in [1.165, 1.54) is 0 Å². The number of amides is 1. The fourth-order valence-electron chi connectivity index (χ4n) is 3.32. The lowest BCUT2D eigenvalue weighted by Gasteiger charge is -2.36. The normalized spacial score (nSPS) is 12.5. The molecule has 0 saturated heterocycles. The monoisotopic (exact) mass is 553 g/mol. The number of hydrogen-bond donors (Lipinski definition) is 1. The summed E-state index contributed by atoms with van der Waals surface area (Å²) < 4.78 is 25.2. The van der Waals surface area contributed by atoms with Crippen molar-refractivity contribution in [2.75, 3.05) is 18.5 Å². The van der Waals surface area contributed by atoms with Gasteiger partial charge in [-0.3, -0.25) is 9.48 Å². The Morgan fingerprint density at radius 3 is 2.26 bits per heavy atom. The van der Waals surface area contributed by atoms with Crippen molar-refractivity contribution >= 4 is 26.0 Å². The smallest absolute Gasteiger partial charge is 0.338 e. The number of aromatic nitrogens is 2. The van der Waals surface area contributed by atoms with Gasteiger partial charge in [0.1, 0.15) is 23.4 Å². The average molecular weight is 554 g/mol. The van der Waals surface area contributed by atoms with Crippen LogP contribution in [0, 0.1) is 0 Å². The third-order valence-corrected chi connectivity index (χ3v) is 11.0. The first-order valence-corrected chi connectivity index (χ1v) is 15.9. The molecule has 0 aliphatic carbocycles. The summed E-state index contributed by atoms with van der Waals surface area (Å²) >= 11 is 0. The van der Waals surface area contributed by atoms with E-state index in [2.05, 4.69) is 44.3 Å². The molecule has 3 rings (SSSR count). The summed E-state index contributed by atoms with van der Waals surface area (Å²) in [6.45, 7) is 15.4. The molecule has 0 radical (unpaired) electrons. The van der Waals surface area contributed by atoms with Crippen molar-refractivity contribution in [2.45, 2.75) is 58.9 Å². The highest BCUT2D eigenvalue weighted by Gasteiger charge is 2.37. The Morgan fingerprint density at radius 2 is 1.67 bits per heavy atom. The second-order valence-corrected chi connectivity index (χ2v) is 15.7. The van der Waals surface area contributed by atoms with Crippen LogP contribution in [0.1, 0.15) is 55.3 Å². The maximum Gasteiger partial charge on any atom is 0.338 e. The molecule has 0 aliphatic heterocycles. The van der Waals surface area contributed by atoms with Gasteiger partial charge in [-0.25, -0.2) is 4.79 Å². The summed E-state index contributed by atoms with van der Waals surface area (Å²) in [6, 6.07) is 13.3. The zero-order chi connectivity index (χ0) is 28.8. The van der Waals surface area contributed by atoms with Crippen molar-refractivity contribution in [2.24, 2.45) is 7.05 Å². The number of nitrogens with zero attached hydrogens (tertiary/aromatic N) is 2. The van der Waals surface area contributed by atoms with E-state index in [-0.39, 0.29) is 17.0 Å². The maximum atomic E-state index is 13.1. The molecular weight excluding hydrogens is 514 g/mol. The summed E-state index contributed by atoms with van der Waals surface area (Å²) in [4.78, 5) is 25.0. The third kappa shape index (κ3) is 8.43. The minimum atomic E-state index is -1.95. The average Bonchev–Trinajstić information content (AvgIpc) is 3.27. The molecule has 0 fully saturated rings. The van der Waals surface area contributed by atoms with Crippen LogP contribution in [0.5, 0.6) is 17.2 Å². The molecule has 0 aliphatic rings. The molecule has 1 aromatic heterocycles. The molecule has 0 unspecified atom stereocenters. The summed E-state index contributed by atoms with van der Waals surface area (Å²) in [5.74, 6) is 1.04. The van der Waals surface area contributed by atoms with Crippen LogP contribution in [0.2, 0.25) is 18.1 Å². The van der Waals surface area contributed by atoms with Crippen LogP contribution in [0.25, 0.3) is 0 Å². The molecule has 210 valence electrons. The standard InChI is InChI=1S/C29H39N3O6Si/c1-9-35-28(34)21-10-12-23(13-11-21)38-25-17-22(27(33)30-26-14-15-32(6)31-26)16-24(18-25)37-20(2)19-36-39(7,8)29(3,4)5/h10-18,20H,9,19H2,1-8H3,(H,30,31,33)/t20-/m0/s1. The molecule has 39 heavy (non-hydrogen) atoms.